The van der Waals surface area contributed by atoms with E-state index in [-0.39, 0.29) is 28.7 Å². The van der Waals surface area contributed by atoms with E-state index in [4.69, 9.17) is 0 Å². The Hall–Kier alpha value is -2.67. The lowest BCUT2D eigenvalue weighted by Gasteiger charge is -2.40. The number of carbonyl (C=O) groups is 3. The first-order chi connectivity index (χ1) is 17.2. The Labute approximate surface area is 230 Å². The molecule has 214 valence electrons. The number of carbonyl (C=O) groups excluding carboxylic acids is 2. The van der Waals surface area contributed by atoms with E-state index in [9.17, 15) is 19.5 Å². The molecule has 0 bridgehead atoms. The Morgan fingerprint density at radius 2 is 1.37 bits per heavy atom. The minimum Gasteiger partial charge on any atom is -0.478 e. The molecule has 38 heavy (non-hydrogen) atoms. The van der Waals surface area contributed by atoms with Gasteiger partial charge in [-0.25, -0.2) is 4.79 Å². The molecule has 0 saturated heterocycles. The van der Waals surface area contributed by atoms with Crippen molar-refractivity contribution in [3.8, 4) is 0 Å². The van der Waals surface area contributed by atoms with Crippen molar-refractivity contribution in [2.75, 3.05) is 14.1 Å². The van der Waals surface area contributed by atoms with Gasteiger partial charge in [-0.2, -0.15) is 0 Å². The van der Waals surface area contributed by atoms with E-state index in [0.717, 1.165) is 5.56 Å². The van der Waals surface area contributed by atoms with Crippen LogP contribution >= 0.6 is 0 Å². The highest BCUT2D eigenvalue weighted by molar-refractivity contribution is 5.91. The van der Waals surface area contributed by atoms with Crippen LogP contribution in [0.15, 0.2) is 35.9 Å². The number of carboxylic acid groups (broad SMARTS) is 1. The van der Waals surface area contributed by atoms with Gasteiger partial charge >= 0.3 is 5.97 Å². The van der Waals surface area contributed by atoms with Crippen molar-refractivity contribution in [2.24, 2.45) is 11.3 Å². The summed E-state index contributed by atoms with van der Waals surface area (Å²) in [5.74, 6) is -1.57. The number of hydrogen-bond donors (Lipinski definition) is 3. The number of nitrogens with zero attached hydrogens (tertiary/aromatic N) is 1. The zero-order chi connectivity index (χ0) is 29.8. The first-order valence-electron chi connectivity index (χ1n) is 13.4. The highest BCUT2D eigenvalue weighted by Crippen LogP contribution is 2.31. The summed E-state index contributed by atoms with van der Waals surface area (Å²) in [5.41, 5.74) is 1.30. The standard InChI is InChI=1S/C31H51N3O4/c1-19(2)23(18-20(3)28(37)38)34(13)27(36)25(30(7,8)9)33-26(35)24(32-12)31(10,11)22-16-14-21(15-17-22)29(4,5)6/h14-19,23-25,32H,1-13H3,(H,33,35)(H,37,38)/b20-18+/t23-,24?,25-/m1/s1. The summed E-state index contributed by atoms with van der Waals surface area (Å²) >= 11 is 0. The quantitative estimate of drug-likeness (QED) is 0.375. The van der Waals surface area contributed by atoms with E-state index in [1.54, 1.807) is 25.1 Å². The Morgan fingerprint density at radius 1 is 0.895 bits per heavy atom. The highest BCUT2D eigenvalue weighted by Gasteiger charge is 2.41. The maximum absolute atomic E-state index is 13.8. The summed E-state index contributed by atoms with van der Waals surface area (Å²) in [6, 6.07) is 6.52. The van der Waals surface area contributed by atoms with E-state index in [1.165, 1.54) is 12.5 Å². The Morgan fingerprint density at radius 3 is 1.74 bits per heavy atom. The van der Waals surface area contributed by atoms with E-state index >= 15 is 0 Å². The van der Waals surface area contributed by atoms with Crippen LogP contribution in [0.3, 0.4) is 0 Å². The van der Waals surface area contributed by atoms with Crippen LogP contribution in [0.25, 0.3) is 0 Å². The molecule has 1 unspecified atom stereocenters. The van der Waals surface area contributed by atoms with Gasteiger partial charge in [0.2, 0.25) is 11.8 Å². The number of aliphatic carboxylic acids is 1. The number of hydrogen-bond acceptors (Lipinski definition) is 4. The minimum absolute atomic E-state index is 0.0189. The van der Waals surface area contributed by atoms with Crippen LogP contribution in [-0.2, 0) is 25.2 Å². The smallest absolute Gasteiger partial charge is 0.331 e. The number of nitrogens with one attached hydrogen (secondary N) is 2. The van der Waals surface area contributed by atoms with Crippen molar-refractivity contribution in [1.82, 2.24) is 15.5 Å². The molecule has 0 spiro atoms. The van der Waals surface area contributed by atoms with E-state index in [2.05, 4.69) is 55.7 Å². The molecule has 2 amide bonds. The van der Waals surface area contributed by atoms with Gasteiger partial charge in [-0.3, -0.25) is 9.59 Å². The predicted molar refractivity (Wildman–Crippen MR) is 155 cm³/mol. The summed E-state index contributed by atoms with van der Waals surface area (Å²) < 4.78 is 0. The molecule has 0 radical (unpaired) electrons. The monoisotopic (exact) mass is 529 g/mol. The van der Waals surface area contributed by atoms with E-state index in [0.29, 0.717) is 0 Å². The van der Waals surface area contributed by atoms with Gasteiger partial charge in [0.05, 0.1) is 12.1 Å². The van der Waals surface area contributed by atoms with Gasteiger partial charge in [0.1, 0.15) is 6.04 Å². The van der Waals surface area contributed by atoms with Crippen molar-refractivity contribution < 1.29 is 19.5 Å². The summed E-state index contributed by atoms with van der Waals surface area (Å²) in [4.78, 5) is 40.5. The molecular formula is C31H51N3O4. The fraction of sp³-hybridized carbons (Fsp3) is 0.645. The molecule has 1 rings (SSSR count). The van der Waals surface area contributed by atoms with Crippen molar-refractivity contribution >= 4 is 17.8 Å². The van der Waals surface area contributed by atoms with Crippen LogP contribution in [-0.4, -0.2) is 60.0 Å². The predicted octanol–water partition coefficient (Wildman–Crippen LogP) is 4.89. The summed E-state index contributed by atoms with van der Waals surface area (Å²) in [6.07, 6.45) is 1.60. The molecule has 7 heteroatoms. The lowest BCUT2D eigenvalue weighted by molar-refractivity contribution is -0.141. The molecule has 1 aromatic rings. The molecule has 7 nitrogen and oxygen atoms in total. The van der Waals surface area contributed by atoms with Crippen molar-refractivity contribution in [3.05, 3.63) is 47.0 Å². The zero-order valence-corrected chi connectivity index (χ0v) is 25.8. The zero-order valence-electron chi connectivity index (χ0n) is 25.8. The van der Waals surface area contributed by atoms with E-state index in [1.807, 2.05) is 48.5 Å². The normalized spacial score (nSPS) is 15.6. The molecule has 1 aromatic carbocycles. The summed E-state index contributed by atoms with van der Waals surface area (Å²) in [7, 11) is 3.42. The van der Waals surface area contributed by atoms with Gasteiger partial charge in [0.25, 0.3) is 0 Å². The lowest BCUT2D eigenvalue weighted by Crippen LogP contribution is -2.61. The van der Waals surface area contributed by atoms with Gasteiger partial charge in [-0.05, 0) is 41.8 Å². The molecule has 0 saturated carbocycles. The topological polar surface area (TPSA) is 98.7 Å². The first kappa shape index (κ1) is 33.4. The molecule has 3 atom stereocenters. The van der Waals surface area contributed by atoms with Crippen LogP contribution in [0, 0.1) is 11.3 Å². The van der Waals surface area contributed by atoms with Gasteiger partial charge in [-0.15, -0.1) is 0 Å². The first-order valence-corrected chi connectivity index (χ1v) is 13.4. The van der Waals surface area contributed by atoms with Gasteiger partial charge < -0.3 is 20.6 Å². The van der Waals surface area contributed by atoms with Crippen LogP contribution < -0.4 is 10.6 Å². The Balaban J connectivity index is 3.33. The van der Waals surface area contributed by atoms with Gasteiger partial charge in [0.15, 0.2) is 0 Å². The molecule has 0 aliphatic rings. The van der Waals surface area contributed by atoms with E-state index < -0.39 is 34.9 Å². The molecular weight excluding hydrogens is 478 g/mol. The third-order valence-electron chi connectivity index (χ3n) is 7.40. The third-order valence-corrected chi connectivity index (χ3v) is 7.40. The largest absolute Gasteiger partial charge is 0.478 e. The minimum atomic E-state index is -1.02. The van der Waals surface area contributed by atoms with Crippen molar-refractivity contribution in [2.45, 2.75) is 105 Å². The van der Waals surface area contributed by atoms with Crippen LogP contribution in [0.5, 0.6) is 0 Å². The maximum Gasteiger partial charge on any atom is 0.331 e. The molecule has 3 N–H and O–H groups in total. The van der Waals surface area contributed by atoms with Crippen LogP contribution in [0.1, 0.15) is 87.3 Å². The van der Waals surface area contributed by atoms with Crippen LogP contribution in [0.4, 0.5) is 0 Å². The second-order valence-corrected chi connectivity index (χ2v) is 13.4. The fourth-order valence-electron chi connectivity index (χ4n) is 4.69. The average Bonchev–Trinajstić information content (AvgIpc) is 2.78. The SMILES string of the molecule is CNC(C(=O)N[C@H](C(=O)N(C)[C@H](/C=C(\C)C(=O)O)C(C)C)C(C)(C)C)C(C)(C)c1ccc(C(C)(C)C)cc1. The second kappa shape index (κ2) is 12.5. The summed E-state index contributed by atoms with van der Waals surface area (Å²) in [5, 5.41) is 15.6. The Bertz CT molecular complexity index is 1010. The number of carboxylic acids is 1. The Kier molecular flexibility index (Phi) is 10.9. The summed E-state index contributed by atoms with van der Waals surface area (Å²) in [6.45, 7) is 21.7. The maximum atomic E-state index is 13.8. The average molecular weight is 530 g/mol. The molecule has 0 heterocycles. The number of rotatable bonds is 10. The lowest BCUT2D eigenvalue weighted by atomic mass is 9.75. The number of likely N-dealkylation sites (N-methyl/N-ethyl adjacent to an activating group) is 2. The van der Waals surface area contributed by atoms with Crippen LogP contribution in [0.2, 0.25) is 0 Å². The molecule has 0 fully saturated rings. The highest BCUT2D eigenvalue weighted by atomic mass is 16.4. The molecule has 0 aliphatic carbocycles. The van der Waals surface area contributed by atoms with Crippen molar-refractivity contribution in [3.63, 3.8) is 0 Å². The van der Waals surface area contributed by atoms with Crippen molar-refractivity contribution in [1.29, 1.82) is 0 Å². The molecule has 0 aliphatic heterocycles. The second-order valence-electron chi connectivity index (χ2n) is 13.4. The number of benzene rings is 1. The number of amides is 2. The molecule has 0 aromatic heterocycles. The fourth-order valence-corrected chi connectivity index (χ4v) is 4.69. The van der Waals surface area contributed by atoms with Gasteiger partial charge in [0, 0.05) is 18.0 Å². The van der Waals surface area contributed by atoms with Gasteiger partial charge in [-0.1, -0.05) is 99.6 Å². The third kappa shape index (κ3) is 8.16.